The second-order valence-electron chi connectivity index (χ2n) is 4.83. The van der Waals surface area contributed by atoms with E-state index in [0.29, 0.717) is 12.5 Å². The van der Waals surface area contributed by atoms with Crippen molar-refractivity contribution in [2.45, 2.75) is 39.5 Å². The average molecular weight is 267 g/mol. The minimum atomic E-state index is -0.533. The third kappa shape index (κ3) is 5.24. The molecule has 0 fully saturated rings. The molecule has 0 spiro atoms. The fourth-order valence-electron chi connectivity index (χ4n) is 1.75. The average Bonchev–Trinajstić information content (AvgIpc) is 2.69. The van der Waals surface area contributed by atoms with Crippen LogP contribution in [0, 0.1) is 5.92 Å². The molecule has 1 rings (SSSR count). The number of amides is 2. The van der Waals surface area contributed by atoms with E-state index in [9.17, 15) is 14.4 Å². The number of hydrogen-bond acceptors (Lipinski definition) is 4. The Morgan fingerprint density at radius 2 is 1.89 bits per heavy atom. The summed E-state index contributed by atoms with van der Waals surface area (Å²) in [5, 5.41) is 0. The fourth-order valence-corrected chi connectivity index (χ4v) is 1.75. The Balaban J connectivity index is 2.12. The van der Waals surface area contributed by atoms with Crippen LogP contribution in [0.4, 0.5) is 0 Å². The number of nitrogens with zero attached hydrogens (tertiary/aromatic N) is 1. The molecule has 0 aromatic heterocycles. The minimum Gasteiger partial charge on any atom is -0.464 e. The topological polar surface area (TPSA) is 63.7 Å². The molecule has 0 radical (unpaired) electrons. The summed E-state index contributed by atoms with van der Waals surface area (Å²) >= 11 is 0. The highest BCUT2D eigenvalue weighted by Gasteiger charge is 2.25. The zero-order valence-electron chi connectivity index (χ0n) is 11.6. The van der Waals surface area contributed by atoms with E-state index in [1.165, 1.54) is 0 Å². The number of hydrogen-bond donors (Lipinski definition) is 0. The van der Waals surface area contributed by atoms with Gasteiger partial charge in [-0.15, -0.1) is 0 Å². The number of imide groups is 1. The lowest BCUT2D eigenvalue weighted by Crippen LogP contribution is -2.35. The summed E-state index contributed by atoms with van der Waals surface area (Å²) in [6.45, 7) is 4.40. The Labute approximate surface area is 113 Å². The molecule has 1 heterocycles. The molecular formula is C14H21NO4. The minimum absolute atomic E-state index is 0.296. The van der Waals surface area contributed by atoms with Crippen molar-refractivity contribution in [1.29, 1.82) is 0 Å². The zero-order chi connectivity index (χ0) is 14.3. The number of rotatable bonds is 8. The van der Waals surface area contributed by atoms with Gasteiger partial charge in [0.15, 0.2) is 0 Å². The molecular weight excluding hydrogens is 246 g/mol. The largest absolute Gasteiger partial charge is 0.464 e. The summed E-state index contributed by atoms with van der Waals surface area (Å²) < 4.78 is 5.00. The number of unbranched alkanes of at least 4 members (excludes halogenated alkanes) is 1. The lowest BCUT2D eigenvalue weighted by atomic mass is 10.0. The van der Waals surface area contributed by atoms with Gasteiger partial charge in [0, 0.05) is 12.2 Å². The first-order valence-electron chi connectivity index (χ1n) is 6.73. The molecule has 0 aliphatic carbocycles. The second kappa shape index (κ2) is 7.71. The van der Waals surface area contributed by atoms with Gasteiger partial charge in [-0.2, -0.15) is 0 Å². The number of esters is 1. The summed E-state index contributed by atoms with van der Waals surface area (Å²) in [4.78, 5) is 34.8. The van der Waals surface area contributed by atoms with Crippen molar-refractivity contribution in [3.8, 4) is 0 Å². The van der Waals surface area contributed by atoms with Gasteiger partial charge in [-0.25, -0.2) is 0 Å². The van der Waals surface area contributed by atoms with Crippen molar-refractivity contribution in [1.82, 2.24) is 4.90 Å². The van der Waals surface area contributed by atoms with E-state index in [2.05, 4.69) is 13.8 Å². The molecule has 0 aromatic rings. The van der Waals surface area contributed by atoms with Crippen LogP contribution in [-0.4, -0.2) is 35.8 Å². The lowest BCUT2D eigenvalue weighted by molar-refractivity contribution is -0.151. The Morgan fingerprint density at radius 1 is 1.26 bits per heavy atom. The van der Waals surface area contributed by atoms with Gasteiger partial charge in [0.25, 0.3) is 11.8 Å². The Morgan fingerprint density at radius 3 is 2.47 bits per heavy atom. The lowest BCUT2D eigenvalue weighted by Gasteiger charge is -2.13. The summed E-state index contributed by atoms with van der Waals surface area (Å²) in [6.07, 6.45) is 6.43. The van der Waals surface area contributed by atoms with E-state index < -0.39 is 17.8 Å². The Kier molecular flexibility index (Phi) is 6.25. The van der Waals surface area contributed by atoms with E-state index in [1.54, 1.807) is 0 Å². The molecule has 5 nitrogen and oxygen atoms in total. The van der Waals surface area contributed by atoms with E-state index in [1.807, 2.05) is 0 Å². The zero-order valence-corrected chi connectivity index (χ0v) is 11.6. The van der Waals surface area contributed by atoms with Gasteiger partial charge in [0.1, 0.15) is 6.54 Å². The highest BCUT2D eigenvalue weighted by molar-refractivity contribution is 6.14. The maximum atomic E-state index is 11.4. The standard InChI is InChI=1S/C14H21NO4/c1-3-11(2)6-4-5-9-19-14(18)10-15-12(16)7-8-13(15)17/h7-8,11H,3-6,9-10H2,1-2H3. The van der Waals surface area contributed by atoms with Crippen LogP contribution in [0.5, 0.6) is 0 Å². The molecule has 2 amide bonds. The first kappa shape index (κ1) is 15.4. The quantitative estimate of drug-likeness (QED) is 0.381. The Bertz CT molecular complexity index is 358. The molecule has 0 saturated heterocycles. The van der Waals surface area contributed by atoms with E-state index in [0.717, 1.165) is 42.7 Å². The van der Waals surface area contributed by atoms with Gasteiger partial charge in [0.2, 0.25) is 0 Å². The van der Waals surface area contributed by atoms with Crippen molar-refractivity contribution < 1.29 is 19.1 Å². The molecule has 0 bridgehead atoms. The molecule has 1 aliphatic heterocycles. The molecule has 5 heteroatoms. The maximum absolute atomic E-state index is 11.4. The van der Waals surface area contributed by atoms with E-state index in [-0.39, 0.29) is 6.54 Å². The Hall–Kier alpha value is -1.65. The normalized spacial score (nSPS) is 16.0. The van der Waals surface area contributed by atoms with Crippen LogP contribution in [0.2, 0.25) is 0 Å². The molecule has 1 atom stereocenters. The number of carbonyl (C=O) groups excluding carboxylic acids is 3. The van der Waals surface area contributed by atoms with Gasteiger partial charge in [-0.1, -0.05) is 26.7 Å². The number of ether oxygens (including phenoxy) is 1. The molecule has 0 N–H and O–H groups in total. The monoisotopic (exact) mass is 267 g/mol. The fraction of sp³-hybridized carbons (Fsp3) is 0.643. The van der Waals surface area contributed by atoms with Crippen LogP contribution < -0.4 is 0 Å². The third-order valence-corrected chi connectivity index (χ3v) is 3.24. The SMILES string of the molecule is CCC(C)CCCCOC(=O)CN1C(=O)C=CC1=O. The van der Waals surface area contributed by atoms with Crippen molar-refractivity contribution in [3.63, 3.8) is 0 Å². The smallest absolute Gasteiger partial charge is 0.326 e. The molecule has 1 unspecified atom stereocenters. The maximum Gasteiger partial charge on any atom is 0.326 e. The van der Waals surface area contributed by atoms with Crippen LogP contribution in [0.1, 0.15) is 39.5 Å². The van der Waals surface area contributed by atoms with Gasteiger partial charge in [-0.05, 0) is 18.8 Å². The molecule has 1 aliphatic rings. The van der Waals surface area contributed by atoms with Crippen LogP contribution in [-0.2, 0) is 19.1 Å². The highest BCUT2D eigenvalue weighted by atomic mass is 16.5. The molecule has 0 aromatic carbocycles. The van der Waals surface area contributed by atoms with Gasteiger partial charge < -0.3 is 4.74 Å². The number of carbonyl (C=O) groups is 3. The highest BCUT2D eigenvalue weighted by Crippen LogP contribution is 2.11. The van der Waals surface area contributed by atoms with Crippen LogP contribution in [0.25, 0.3) is 0 Å². The van der Waals surface area contributed by atoms with Crippen molar-refractivity contribution in [3.05, 3.63) is 12.2 Å². The van der Waals surface area contributed by atoms with Crippen molar-refractivity contribution in [2.75, 3.05) is 13.2 Å². The molecule has 106 valence electrons. The van der Waals surface area contributed by atoms with Crippen LogP contribution in [0.15, 0.2) is 12.2 Å². The summed E-state index contributed by atoms with van der Waals surface area (Å²) in [6, 6.07) is 0. The first-order valence-corrected chi connectivity index (χ1v) is 6.73. The summed E-state index contributed by atoms with van der Waals surface area (Å²) in [5.41, 5.74) is 0. The van der Waals surface area contributed by atoms with Crippen molar-refractivity contribution in [2.24, 2.45) is 5.92 Å². The molecule has 0 saturated carbocycles. The summed E-state index contributed by atoms with van der Waals surface area (Å²) in [5.74, 6) is -0.756. The van der Waals surface area contributed by atoms with E-state index in [4.69, 9.17) is 4.74 Å². The van der Waals surface area contributed by atoms with E-state index >= 15 is 0 Å². The predicted molar refractivity (Wildman–Crippen MR) is 70.1 cm³/mol. The molecule has 19 heavy (non-hydrogen) atoms. The van der Waals surface area contributed by atoms with Gasteiger partial charge >= 0.3 is 5.97 Å². The predicted octanol–water partition coefficient (Wildman–Crippen LogP) is 1.67. The van der Waals surface area contributed by atoms with Crippen LogP contribution >= 0.6 is 0 Å². The van der Waals surface area contributed by atoms with Gasteiger partial charge in [-0.3, -0.25) is 19.3 Å². The van der Waals surface area contributed by atoms with Crippen molar-refractivity contribution >= 4 is 17.8 Å². The summed E-state index contributed by atoms with van der Waals surface area (Å²) in [7, 11) is 0. The van der Waals surface area contributed by atoms with Gasteiger partial charge in [0.05, 0.1) is 6.61 Å². The second-order valence-corrected chi connectivity index (χ2v) is 4.83. The third-order valence-electron chi connectivity index (χ3n) is 3.24. The van der Waals surface area contributed by atoms with Crippen LogP contribution in [0.3, 0.4) is 0 Å². The first-order chi connectivity index (χ1) is 9.04.